The van der Waals surface area contributed by atoms with Gasteiger partial charge in [-0.2, -0.15) is 0 Å². The van der Waals surface area contributed by atoms with Gasteiger partial charge in [0.25, 0.3) is 5.91 Å². The van der Waals surface area contributed by atoms with Gasteiger partial charge in [0.2, 0.25) is 5.78 Å². The van der Waals surface area contributed by atoms with Gasteiger partial charge in [0.15, 0.2) is 5.76 Å². The number of ketones is 1. The zero-order valence-electron chi connectivity index (χ0n) is 16.4. The molecule has 1 N–H and O–H groups in total. The van der Waals surface area contributed by atoms with Crippen LogP contribution in [0.5, 0.6) is 5.75 Å². The van der Waals surface area contributed by atoms with E-state index in [1.807, 2.05) is 13.0 Å². The van der Waals surface area contributed by atoms with Crippen LogP contribution < -0.4 is 10.1 Å². The van der Waals surface area contributed by atoms with Gasteiger partial charge in [0.05, 0.1) is 7.11 Å². The predicted molar refractivity (Wildman–Crippen MR) is 117 cm³/mol. The molecule has 4 aromatic rings. The van der Waals surface area contributed by atoms with Gasteiger partial charge >= 0.3 is 0 Å². The first kappa shape index (κ1) is 19.7. The van der Waals surface area contributed by atoms with Crippen molar-refractivity contribution in [2.24, 2.45) is 0 Å². The molecule has 1 heterocycles. The Bertz CT molecular complexity index is 1280. The number of nitrogens with one attached hydrogen (secondary N) is 1. The lowest BCUT2D eigenvalue weighted by molar-refractivity contribution is 0.101. The summed E-state index contributed by atoms with van der Waals surface area (Å²) in [6.07, 6.45) is 0. The lowest BCUT2D eigenvalue weighted by Crippen LogP contribution is -2.11. The normalized spacial score (nSPS) is 10.8. The molecule has 0 radical (unpaired) electrons. The molecule has 0 spiro atoms. The Balaban J connectivity index is 1.64. The molecule has 4 rings (SSSR count). The highest BCUT2D eigenvalue weighted by Gasteiger charge is 2.20. The van der Waals surface area contributed by atoms with Gasteiger partial charge in [-0.05, 0) is 49.4 Å². The second kappa shape index (κ2) is 8.05. The maximum atomic E-state index is 13.0. The standard InChI is InChI=1S/C24H18ClNO4/c1-14-20-10-9-18(26-24(28)16-6-3-7-17(25)11-16)13-21(20)30-23(14)22(27)15-5-4-8-19(12-15)29-2/h3-13H,1-2H3,(H,26,28). The lowest BCUT2D eigenvalue weighted by Gasteiger charge is -2.05. The SMILES string of the molecule is COc1cccc(C(=O)c2oc3cc(NC(=O)c4cccc(Cl)c4)ccc3c2C)c1. The van der Waals surface area contributed by atoms with Gasteiger partial charge in [-0.15, -0.1) is 0 Å². The number of hydrogen-bond acceptors (Lipinski definition) is 4. The Labute approximate surface area is 178 Å². The fourth-order valence-electron chi connectivity index (χ4n) is 3.25. The number of furan rings is 1. The minimum absolute atomic E-state index is 0.230. The largest absolute Gasteiger partial charge is 0.497 e. The Kier molecular flexibility index (Phi) is 5.29. The average Bonchev–Trinajstić information content (AvgIpc) is 3.09. The van der Waals surface area contributed by atoms with Gasteiger partial charge in [-0.3, -0.25) is 9.59 Å². The quantitative estimate of drug-likeness (QED) is 0.410. The number of carbonyl (C=O) groups excluding carboxylic acids is 2. The molecular weight excluding hydrogens is 402 g/mol. The van der Waals surface area contributed by atoms with Crippen molar-refractivity contribution in [3.8, 4) is 5.75 Å². The molecule has 3 aromatic carbocycles. The predicted octanol–water partition coefficient (Wildman–Crippen LogP) is 5.89. The number of aryl methyl sites for hydroxylation is 1. The highest BCUT2D eigenvalue weighted by Crippen LogP contribution is 2.30. The molecule has 0 aliphatic carbocycles. The monoisotopic (exact) mass is 419 g/mol. The van der Waals surface area contributed by atoms with Crippen LogP contribution in [0.1, 0.15) is 32.0 Å². The van der Waals surface area contributed by atoms with E-state index >= 15 is 0 Å². The molecule has 1 amide bonds. The van der Waals surface area contributed by atoms with E-state index in [0.717, 1.165) is 10.9 Å². The minimum Gasteiger partial charge on any atom is -0.497 e. The van der Waals surface area contributed by atoms with Gasteiger partial charge in [-0.1, -0.05) is 29.8 Å². The third-order valence-electron chi connectivity index (χ3n) is 4.82. The summed E-state index contributed by atoms with van der Waals surface area (Å²) in [6, 6.07) is 18.9. The van der Waals surface area contributed by atoms with Gasteiger partial charge in [0, 0.05) is 38.9 Å². The van der Waals surface area contributed by atoms with Crippen molar-refractivity contribution in [1.29, 1.82) is 0 Å². The van der Waals surface area contributed by atoms with Crippen molar-refractivity contribution in [3.63, 3.8) is 0 Å². The fourth-order valence-corrected chi connectivity index (χ4v) is 3.44. The van der Waals surface area contributed by atoms with E-state index in [2.05, 4.69) is 5.32 Å². The van der Waals surface area contributed by atoms with Crippen LogP contribution in [0.4, 0.5) is 5.69 Å². The smallest absolute Gasteiger partial charge is 0.255 e. The number of rotatable bonds is 5. The molecule has 30 heavy (non-hydrogen) atoms. The summed E-state index contributed by atoms with van der Waals surface area (Å²) in [7, 11) is 1.55. The maximum Gasteiger partial charge on any atom is 0.255 e. The molecule has 6 heteroatoms. The molecule has 0 bridgehead atoms. The van der Waals surface area contributed by atoms with E-state index < -0.39 is 0 Å². The summed E-state index contributed by atoms with van der Waals surface area (Å²) < 4.78 is 11.1. The molecule has 0 aliphatic rings. The van der Waals surface area contributed by atoms with Crippen LogP contribution in [0.25, 0.3) is 11.0 Å². The molecule has 0 aliphatic heterocycles. The first-order valence-electron chi connectivity index (χ1n) is 9.25. The van der Waals surface area contributed by atoms with E-state index in [1.165, 1.54) is 0 Å². The topological polar surface area (TPSA) is 68.5 Å². The summed E-state index contributed by atoms with van der Waals surface area (Å²) in [5.41, 5.74) is 2.74. The Hall–Kier alpha value is -3.57. The van der Waals surface area contributed by atoms with Crippen molar-refractivity contribution in [2.45, 2.75) is 6.92 Å². The molecule has 0 saturated carbocycles. The second-order valence-corrected chi connectivity index (χ2v) is 7.23. The van der Waals surface area contributed by atoms with Crippen molar-refractivity contribution < 1.29 is 18.7 Å². The summed E-state index contributed by atoms with van der Waals surface area (Å²) in [5, 5.41) is 4.12. The minimum atomic E-state index is -0.284. The van der Waals surface area contributed by atoms with E-state index in [0.29, 0.717) is 33.2 Å². The van der Waals surface area contributed by atoms with Crippen LogP contribution >= 0.6 is 11.6 Å². The Morgan fingerprint density at radius 1 is 0.967 bits per heavy atom. The molecule has 5 nitrogen and oxygen atoms in total. The molecule has 0 unspecified atom stereocenters. The number of carbonyl (C=O) groups is 2. The summed E-state index contributed by atoms with van der Waals surface area (Å²) >= 11 is 5.95. The summed E-state index contributed by atoms with van der Waals surface area (Å²) in [6.45, 7) is 1.84. The van der Waals surface area contributed by atoms with E-state index in [1.54, 1.807) is 67.8 Å². The van der Waals surface area contributed by atoms with Crippen LogP contribution in [0.2, 0.25) is 5.02 Å². The van der Waals surface area contributed by atoms with Gasteiger partial charge in [0.1, 0.15) is 11.3 Å². The third-order valence-corrected chi connectivity index (χ3v) is 5.06. The van der Waals surface area contributed by atoms with E-state index in [-0.39, 0.29) is 17.5 Å². The van der Waals surface area contributed by atoms with Gasteiger partial charge in [-0.25, -0.2) is 0 Å². The fraction of sp³-hybridized carbons (Fsp3) is 0.0833. The number of ether oxygens (including phenoxy) is 1. The zero-order chi connectivity index (χ0) is 21.3. The molecular formula is C24H18ClNO4. The lowest BCUT2D eigenvalue weighted by atomic mass is 10.0. The summed E-state index contributed by atoms with van der Waals surface area (Å²) in [5.74, 6) is 0.345. The number of benzene rings is 3. The second-order valence-electron chi connectivity index (χ2n) is 6.79. The van der Waals surface area contributed by atoms with Crippen molar-refractivity contribution in [1.82, 2.24) is 0 Å². The Morgan fingerprint density at radius 2 is 1.73 bits per heavy atom. The number of halogens is 1. The van der Waals surface area contributed by atoms with Crippen molar-refractivity contribution >= 4 is 39.9 Å². The van der Waals surface area contributed by atoms with E-state index in [9.17, 15) is 9.59 Å². The highest BCUT2D eigenvalue weighted by molar-refractivity contribution is 6.31. The zero-order valence-corrected chi connectivity index (χ0v) is 17.1. The van der Waals surface area contributed by atoms with E-state index in [4.69, 9.17) is 20.8 Å². The molecule has 0 atom stereocenters. The molecule has 1 aromatic heterocycles. The highest BCUT2D eigenvalue weighted by atomic mass is 35.5. The number of hydrogen-bond donors (Lipinski definition) is 1. The third kappa shape index (κ3) is 3.80. The van der Waals surface area contributed by atoms with Crippen molar-refractivity contribution in [3.05, 3.63) is 94.2 Å². The average molecular weight is 420 g/mol. The first-order chi connectivity index (χ1) is 14.5. The Morgan fingerprint density at radius 3 is 2.50 bits per heavy atom. The van der Waals surface area contributed by atoms with Gasteiger partial charge < -0.3 is 14.5 Å². The van der Waals surface area contributed by atoms with Crippen LogP contribution in [-0.2, 0) is 0 Å². The first-order valence-corrected chi connectivity index (χ1v) is 9.63. The maximum absolute atomic E-state index is 13.0. The van der Waals surface area contributed by atoms with Crippen LogP contribution in [0.3, 0.4) is 0 Å². The number of anilines is 1. The van der Waals surface area contributed by atoms with Crippen LogP contribution in [0.15, 0.2) is 71.1 Å². The number of methoxy groups -OCH3 is 1. The van der Waals surface area contributed by atoms with Crippen molar-refractivity contribution in [2.75, 3.05) is 12.4 Å². The molecule has 0 fully saturated rings. The number of amides is 1. The molecule has 0 saturated heterocycles. The summed E-state index contributed by atoms with van der Waals surface area (Å²) in [4.78, 5) is 25.4. The number of fused-ring (bicyclic) bond motifs is 1. The van der Waals surface area contributed by atoms with Crippen LogP contribution in [-0.4, -0.2) is 18.8 Å². The van der Waals surface area contributed by atoms with Crippen LogP contribution in [0, 0.1) is 6.92 Å². The molecule has 150 valence electrons.